The van der Waals surface area contributed by atoms with Gasteiger partial charge in [0.15, 0.2) is 0 Å². The Bertz CT molecular complexity index is 1530. The topological polar surface area (TPSA) is 13.1 Å². The number of hydrogen-bond acceptors (Lipinski definition) is 1. The summed E-state index contributed by atoms with van der Waals surface area (Å²) in [5, 5.41) is 8.75. The van der Waals surface area contributed by atoms with Crippen LogP contribution in [0.2, 0.25) is 0 Å². The van der Waals surface area contributed by atoms with E-state index in [1.54, 1.807) is 0 Å². The third-order valence-corrected chi connectivity index (χ3v) is 5.64. The minimum Gasteiger partial charge on any atom is -0.457 e. The molecule has 6 aromatic rings. The second-order valence-electron chi connectivity index (χ2n) is 7.45. The summed E-state index contributed by atoms with van der Waals surface area (Å²) in [4.78, 5) is 0. The van der Waals surface area contributed by atoms with Gasteiger partial charge in [0.05, 0.1) is 0 Å². The van der Waals surface area contributed by atoms with Gasteiger partial charge in [-0.2, -0.15) is 0 Å². The highest BCUT2D eigenvalue weighted by Gasteiger charge is 2.09. The van der Waals surface area contributed by atoms with Gasteiger partial charge in [-0.05, 0) is 68.2 Å². The molecule has 5 aromatic carbocycles. The zero-order valence-corrected chi connectivity index (χ0v) is 15.8. The molecule has 1 heteroatoms. The van der Waals surface area contributed by atoms with Crippen LogP contribution in [-0.2, 0) is 0 Å². The first-order valence-electron chi connectivity index (χ1n) is 9.86. The summed E-state index contributed by atoms with van der Waals surface area (Å²) in [5.74, 6) is 0.870. The van der Waals surface area contributed by atoms with E-state index in [-0.39, 0.29) is 0 Å². The molecule has 1 heterocycles. The fraction of sp³-hybridized carbons (Fsp3) is 0. The normalized spacial score (nSPS) is 12.0. The molecule has 6 rings (SSSR count). The summed E-state index contributed by atoms with van der Waals surface area (Å²) >= 11 is 0. The van der Waals surface area contributed by atoms with E-state index >= 15 is 0 Å². The van der Waals surface area contributed by atoms with Crippen molar-refractivity contribution in [3.05, 3.63) is 108 Å². The molecular formula is C28H18O. The zero-order chi connectivity index (χ0) is 19.2. The van der Waals surface area contributed by atoms with E-state index in [2.05, 4.69) is 84.9 Å². The summed E-state index contributed by atoms with van der Waals surface area (Å²) in [6, 6.07) is 34.3. The van der Waals surface area contributed by atoms with Crippen LogP contribution in [0, 0.1) is 0 Å². The number of furan rings is 1. The third-order valence-electron chi connectivity index (χ3n) is 5.64. The second kappa shape index (κ2) is 6.35. The fourth-order valence-electron chi connectivity index (χ4n) is 4.19. The standard InChI is InChI=1S/C28H18O/c1-2-6-19(7-3-1)10-12-23-18-27-25-13-11-22-16-20-8-4-5-9-21(20)17-26(22)24(25)14-15-28(27)29-23/h1-18H/b12-10+. The fourth-order valence-corrected chi connectivity index (χ4v) is 4.19. The molecule has 1 aromatic heterocycles. The molecule has 0 amide bonds. The van der Waals surface area contributed by atoms with Crippen molar-refractivity contribution in [2.45, 2.75) is 0 Å². The largest absolute Gasteiger partial charge is 0.457 e. The van der Waals surface area contributed by atoms with Crippen molar-refractivity contribution >= 4 is 55.4 Å². The molecule has 136 valence electrons. The molecule has 0 N–H and O–H groups in total. The Labute approximate surface area is 168 Å². The monoisotopic (exact) mass is 370 g/mol. The molecule has 0 aliphatic rings. The van der Waals surface area contributed by atoms with E-state index in [4.69, 9.17) is 4.42 Å². The first-order valence-corrected chi connectivity index (χ1v) is 9.86. The van der Waals surface area contributed by atoms with Gasteiger partial charge in [-0.15, -0.1) is 0 Å². The Morgan fingerprint density at radius 1 is 0.483 bits per heavy atom. The lowest BCUT2D eigenvalue weighted by atomic mass is 9.97. The third kappa shape index (κ3) is 2.71. The number of fused-ring (bicyclic) bond motifs is 6. The van der Waals surface area contributed by atoms with Crippen molar-refractivity contribution in [3.63, 3.8) is 0 Å². The van der Waals surface area contributed by atoms with E-state index in [0.29, 0.717) is 0 Å². The molecule has 0 bridgehead atoms. The Balaban J connectivity index is 1.55. The summed E-state index contributed by atoms with van der Waals surface area (Å²) in [5.41, 5.74) is 2.08. The van der Waals surface area contributed by atoms with Gasteiger partial charge in [-0.1, -0.05) is 78.9 Å². The molecule has 1 nitrogen and oxygen atoms in total. The first kappa shape index (κ1) is 16.1. The van der Waals surface area contributed by atoms with Gasteiger partial charge in [0, 0.05) is 5.39 Å². The van der Waals surface area contributed by atoms with Crippen LogP contribution in [0.5, 0.6) is 0 Å². The van der Waals surface area contributed by atoms with E-state index in [0.717, 1.165) is 22.3 Å². The van der Waals surface area contributed by atoms with Gasteiger partial charge in [0.1, 0.15) is 11.3 Å². The SMILES string of the molecule is C(=C\c1cc2c(ccc3c4cc5ccccc5cc4ccc23)o1)/c1ccccc1. The molecule has 0 saturated carbocycles. The van der Waals surface area contributed by atoms with Crippen molar-refractivity contribution in [2.75, 3.05) is 0 Å². The molecule has 0 radical (unpaired) electrons. The van der Waals surface area contributed by atoms with E-state index < -0.39 is 0 Å². The average Bonchev–Trinajstić information content (AvgIpc) is 3.20. The average molecular weight is 370 g/mol. The van der Waals surface area contributed by atoms with Crippen LogP contribution in [0.3, 0.4) is 0 Å². The maximum Gasteiger partial charge on any atom is 0.135 e. The Hall–Kier alpha value is -3.84. The van der Waals surface area contributed by atoms with Crippen molar-refractivity contribution in [1.82, 2.24) is 0 Å². The quantitative estimate of drug-likeness (QED) is 0.222. The van der Waals surface area contributed by atoms with Gasteiger partial charge in [-0.25, -0.2) is 0 Å². The maximum absolute atomic E-state index is 6.09. The molecule has 0 atom stereocenters. The van der Waals surface area contributed by atoms with Gasteiger partial charge < -0.3 is 4.42 Å². The minimum absolute atomic E-state index is 0.870. The molecule has 0 unspecified atom stereocenters. The van der Waals surface area contributed by atoms with Crippen LogP contribution < -0.4 is 0 Å². The number of benzene rings is 5. The van der Waals surface area contributed by atoms with Crippen molar-refractivity contribution in [3.8, 4) is 0 Å². The molecule has 0 fully saturated rings. The van der Waals surface area contributed by atoms with Crippen LogP contribution in [0.1, 0.15) is 11.3 Å². The summed E-state index contributed by atoms with van der Waals surface area (Å²) < 4.78 is 6.09. The molecular weight excluding hydrogens is 352 g/mol. The lowest BCUT2D eigenvalue weighted by molar-refractivity contribution is 0.605. The lowest BCUT2D eigenvalue weighted by Gasteiger charge is -2.07. The van der Waals surface area contributed by atoms with E-state index in [9.17, 15) is 0 Å². The van der Waals surface area contributed by atoms with Gasteiger partial charge >= 0.3 is 0 Å². The van der Waals surface area contributed by atoms with Crippen molar-refractivity contribution < 1.29 is 4.42 Å². The van der Waals surface area contributed by atoms with E-state index in [1.807, 2.05) is 24.3 Å². The van der Waals surface area contributed by atoms with Crippen molar-refractivity contribution in [2.24, 2.45) is 0 Å². The summed E-state index contributed by atoms with van der Waals surface area (Å²) in [6.07, 6.45) is 4.12. The van der Waals surface area contributed by atoms with Gasteiger partial charge in [-0.3, -0.25) is 0 Å². The lowest BCUT2D eigenvalue weighted by Crippen LogP contribution is -1.80. The smallest absolute Gasteiger partial charge is 0.135 e. The van der Waals surface area contributed by atoms with Crippen LogP contribution in [0.15, 0.2) is 101 Å². The highest BCUT2D eigenvalue weighted by Crippen LogP contribution is 2.35. The molecule has 29 heavy (non-hydrogen) atoms. The molecule has 0 aliphatic heterocycles. The Kier molecular flexibility index (Phi) is 3.54. The molecule has 0 aliphatic carbocycles. The Morgan fingerprint density at radius 2 is 1.21 bits per heavy atom. The number of rotatable bonds is 2. The number of hydrogen-bond donors (Lipinski definition) is 0. The Morgan fingerprint density at radius 3 is 2.07 bits per heavy atom. The van der Waals surface area contributed by atoms with Crippen LogP contribution in [0.4, 0.5) is 0 Å². The summed E-state index contributed by atoms with van der Waals surface area (Å²) in [7, 11) is 0. The van der Waals surface area contributed by atoms with Crippen molar-refractivity contribution in [1.29, 1.82) is 0 Å². The van der Waals surface area contributed by atoms with Gasteiger partial charge in [0.2, 0.25) is 0 Å². The second-order valence-corrected chi connectivity index (χ2v) is 7.45. The highest BCUT2D eigenvalue weighted by molar-refractivity contribution is 6.18. The van der Waals surface area contributed by atoms with Crippen LogP contribution >= 0.6 is 0 Å². The van der Waals surface area contributed by atoms with Gasteiger partial charge in [0.25, 0.3) is 0 Å². The van der Waals surface area contributed by atoms with Crippen LogP contribution in [-0.4, -0.2) is 0 Å². The maximum atomic E-state index is 6.09. The predicted octanol–water partition coefficient (Wildman–Crippen LogP) is 8.06. The van der Waals surface area contributed by atoms with Crippen LogP contribution in [0.25, 0.3) is 55.4 Å². The highest BCUT2D eigenvalue weighted by atomic mass is 16.3. The molecule has 0 spiro atoms. The van der Waals surface area contributed by atoms with E-state index in [1.165, 1.54) is 32.3 Å². The first-order chi connectivity index (χ1) is 14.3. The zero-order valence-electron chi connectivity index (χ0n) is 15.8. The minimum atomic E-state index is 0.870. The predicted molar refractivity (Wildman–Crippen MR) is 124 cm³/mol. The summed E-state index contributed by atoms with van der Waals surface area (Å²) in [6.45, 7) is 0. The molecule has 0 saturated heterocycles.